The van der Waals surface area contributed by atoms with Gasteiger partial charge in [0.25, 0.3) is 11.8 Å². The highest BCUT2D eigenvalue weighted by Gasteiger charge is 2.30. The highest BCUT2D eigenvalue weighted by molar-refractivity contribution is 6.11. The topological polar surface area (TPSA) is 84.3 Å². The summed E-state index contributed by atoms with van der Waals surface area (Å²) in [6.45, 7) is 5.61. The zero-order chi connectivity index (χ0) is 25.3. The summed E-state index contributed by atoms with van der Waals surface area (Å²) in [6.07, 6.45) is 2.78. The van der Waals surface area contributed by atoms with Gasteiger partial charge in [-0.05, 0) is 57.5 Å². The first-order valence-corrected chi connectivity index (χ1v) is 12.6. The predicted molar refractivity (Wildman–Crippen MR) is 139 cm³/mol. The molecule has 1 saturated heterocycles. The van der Waals surface area contributed by atoms with Gasteiger partial charge in [-0.1, -0.05) is 30.3 Å². The van der Waals surface area contributed by atoms with Crippen molar-refractivity contribution in [2.24, 2.45) is 0 Å². The number of hydrogen-bond acceptors (Lipinski definition) is 6. The average molecular weight is 494 g/mol. The molecule has 3 aromatic rings. The number of piperidine rings is 1. The van der Waals surface area contributed by atoms with E-state index in [9.17, 15) is 9.59 Å². The number of anilines is 1. The van der Waals surface area contributed by atoms with Gasteiger partial charge in [-0.25, -0.2) is 0 Å². The largest absolute Gasteiger partial charge is 0.484 e. The number of hydrogen-bond donors (Lipinski definition) is 1. The molecular formula is C28H35N3O5. The Hall–Kier alpha value is -3.36. The smallest absolute Gasteiger partial charge is 0.291 e. The fourth-order valence-electron chi connectivity index (χ4n) is 4.56. The van der Waals surface area contributed by atoms with E-state index in [1.807, 2.05) is 48.2 Å². The van der Waals surface area contributed by atoms with Gasteiger partial charge in [-0.2, -0.15) is 0 Å². The van der Waals surface area contributed by atoms with Crippen LogP contribution in [0.3, 0.4) is 0 Å². The molecule has 0 bridgehead atoms. The summed E-state index contributed by atoms with van der Waals surface area (Å²) in [5.41, 5.74) is 0.955. The third kappa shape index (κ3) is 6.44. The molecule has 0 atom stereocenters. The van der Waals surface area contributed by atoms with E-state index in [1.165, 1.54) is 0 Å². The third-order valence-electron chi connectivity index (χ3n) is 6.55. The van der Waals surface area contributed by atoms with Crippen LogP contribution >= 0.6 is 0 Å². The van der Waals surface area contributed by atoms with E-state index in [0.717, 1.165) is 39.0 Å². The first kappa shape index (κ1) is 25.7. The number of amides is 2. The molecule has 0 spiro atoms. The molecule has 1 aromatic heterocycles. The molecule has 1 N–H and O–H groups in total. The minimum Gasteiger partial charge on any atom is -0.484 e. The Balaban J connectivity index is 1.40. The van der Waals surface area contributed by atoms with E-state index in [2.05, 4.69) is 17.3 Å². The fourth-order valence-corrected chi connectivity index (χ4v) is 4.56. The minimum atomic E-state index is -0.355. The number of fused-ring (bicyclic) bond motifs is 1. The first-order valence-electron chi connectivity index (χ1n) is 12.6. The van der Waals surface area contributed by atoms with Gasteiger partial charge in [-0.15, -0.1) is 0 Å². The summed E-state index contributed by atoms with van der Waals surface area (Å²) >= 11 is 0. The molecule has 36 heavy (non-hydrogen) atoms. The molecule has 0 unspecified atom stereocenters. The Morgan fingerprint density at radius 2 is 1.81 bits per heavy atom. The Bertz CT molecular complexity index is 1140. The zero-order valence-corrected chi connectivity index (χ0v) is 21.1. The molecule has 4 rings (SSSR count). The third-order valence-corrected chi connectivity index (χ3v) is 6.55. The van der Waals surface area contributed by atoms with E-state index in [1.54, 1.807) is 18.2 Å². The van der Waals surface area contributed by atoms with Crippen LogP contribution in [0.25, 0.3) is 11.0 Å². The van der Waals surface area contributed by atoms with Crippen molar-refractivity contribution in [2.45, 2.75) is 32.2 Å². The normalized spacial score (nSPS) is 14.4. The summed E-state index contributed by atoms with van der Waals surface area (Å²) in [5, 5.41) is 3.55. The summed E-state index contributed by atoms with van der Waals surface area (Å²) in [6, 6.07) is 16.9. The van der Waals surface area contributed by atoms with Crippen molar-refractivity contribution in [1.82, 2.24) is 9.80 Å². The lowest BCUT2D eigenvalue weighted by molar-refractivity contribution is -0.118. The van der Waals surface area contributed by atoms with E-state index in [4.69, 9.17) is 13.9 Å². The van der Waals surface area contributed by atoms with Crippen LogP contribution in [0, 0.1) is 0 Å². The number of ether oxygens (including phenoxy) is 2. The van der Waals surface area contributed by atoms with Crippen molar-refractivity contribution in [3.63, 3.8) is 0 Å². The summed E-state index contributed by atoms with van der Waals surface area (Å²) in [7, 11) is 2.14. The second kappa shape index (κ2) is 12.6. The molecule has 1 fully saturated rings. The lowest BCUT2D eigenvalue weighted by Crippen LogP contribution is -2.46. The highest BCUT2D eigenvalue weighted by atomic mass is 16.5. The van der Waals surface area contributed by atoms with Crippen LogP contribution < -0.4 is 10.1 Å². The second-order valence-electron chi connectivity index (χ2n) is 9.01. The Morgan fingerprint density at radius 3 is 2.56 bits per heavy atom. The number of carbonyl (C=O) groups is 2. The number of furan rings is 1. The van der Waals surface area contributed by atoms with Gasteiger partial charge in [-0.3, -0.25) is 9.59 Å². The van der Waals surface area contributed by atoms with Gasteiger partial charge >= 0.3 is 0 Å². The summed E-state index contributed by atoms with van der Waals surface area (Å²) < 4.78 is 17.0. The molecule has 192 valence electrons. The maximum Gasteiger partial charge on any atom is 0.291 e. The maximum atomic E-state index is 13.5. The number of likely N-dealkylation sites (tertiary alicyclic amines) is 1. The SMILES string of the molecule is CCOCCCN(C)C1CCN(C(=O)c2oc3ccccc3c2NC(=O)COc2ccccc2)CC1. The van der Waals surface area contributed by atoms with Crippen molar-refractivity contribution in [3.8, 4) is 5.75 Å². The quantitative estimate of drug-likeness (QED) is 0.398. The van der Waals surface area contributed by atoms with Crippen LogP contribution in [0.15, 0.2) is 59.0 Å². The Labute approximate surface area is 212 Å². The van der Waals surface area contributed by atoms with Gasteiger partial charge in [0, 0.05) is 44.3 Å². The van der Waals surface area contributed by atoms with Crippen LogP contribution in [0.1, 0.15) is 36.7 Å². The number of rotatable bonds is 11. The number of nitrogens with zero attached hydrogens (tertiary/aromatic N) is 2. The predicted octanol–water partition coefficient (Wildman–Crippen LogP) is 4.41. The monoisotopic (exact) mass is 493 g/mol. The molecule has 8 nitrogen and oxygen atoms in total. The standard InChI is InChI=1S/C28H35N3O5/c1-3-34-19-9-16-30(2)21-14-17-31(18-15-21)28(33)27-26(23-12-7-8-13-24(23)36-27)29-25(32)20-35-22-10-5-4-6-11-22/h4-8,10-13,21H,3,9,14-20H2,1-2H3,(H,29,32). The van der Waals surface area contributed by atoms with Crippen LogP contribution in [-0.2, 0) is 9.53 Å². The molecule has 2 amide bonds. The van der Waals surface area contributed by atoms with Crippen molar-refractivity contribution in [3.05, 3.63) is 60.4 Å². The number of para-hydroxylation sites is 2. The van der Waals surface area contributed by atoms with E-state index >= 15 is 0 Å². The van der Waals surface area contributed by atoms with Crippen LogP contribution in [0.4, 0.5) is 5.69 Å². The van der Waals surface area contributed by atoms with Gasteiger partial charge in [0.2, 0.25) is 5.76 Å². The second-order valence-corrected chi connectivity index (χ2v) is 9.01. The highest BCUT2D eigenvalue weighted by Crippen LogP contribution is 2.32. The van der Waals surface area contributed by atoms with Crippen molar-refractivity contribution in [2.75, 3.05) is 51.8 Å². The molecule has 1 aliphatic heterocycles. The number of nitrogens with one attached hydrogen (secondary N) is 1. The van der Waals surface area contributed by atoms with Gasteiger partial charge in [0.1, 0.15) is 17.0 Å². The molecular weight excluding hydrogens is 458 g/mol. The molecule has 2 aromatic carbocycles. The number of benzene rings is 2. The molecule has 0 saturated carbocycles. The fraction of sp³-hybridized carbons (Fsp3) is 0.429. The van der Waals surface area contributed by atoms with E-state index in [-0.39, 0.29) is 24.2 Å². The van der Waals surface area contributed by atoms with Gasteiger partial charge < -0.3 is 29.0 Å². The maximum absolute atomic E-state index is 13.5. The van der Waals surface area contributed by atoms with Crippen LogP contribution in [0.2, 0.25) is 0 Å². The number of carbonyl (C=O) groups excluding carboxylic acids is 2. The van der Waals surface area contributed by atoms with Crippen molar-refractivity contribution < 1.29 is 23.5 Å². The van der Waals surface area contributed by atoms with Crippen molar-refractivity contribution >= 4 is 28.5 Å². The summed E-state index contributed by atoms with van der Waals surface area (Å²) in [5.74, 6) is 0.203. The minimum absolute atomic E-state index is 0.160. The Kier molecular flexibility index (Phi) is 8.97. The average Bonchev–Trinajstić information content (AvgIpc) is 3.28. The van der Waals surface area contributed by atoms with Crippen LogP contribution in [0.5, 0.6) is 5.75 Å². The van der Waals surface area contributed by atoms with E-state index in [0.29, 0.717) is 41.5 Å². The molecule has 0 radical (unpaired) electrons. The van der Waals surface area contributed by atoms with Gasteiger partial charge in [0.05, 0.1) is 0 Å². The van der Waals surface area contributed by atoms with Crippen LogP contribution in [-0.4, -0.2) is 74.2 Å². The molecule has 8 heteroatoms. The zero-order valence-electron chi connectivity index (χ0n) is 21.1. The molecule has 1 aliphatic rings. The van der Waals surface area contributed by atoms with Gasteiger partial charge in [0.15, 0.2) is 6.61 Å². The Morgan fingerprint density at radius 1 is 1.08 bits per heavy atom. The lowest BCUT2D eigenvalue weighted by atomic mass is 10.0. The molecule has 2 heterocycles. The molecule has 0 aliphatic carbocycles. The van der Waals surface area contributed by atoms with E-state index < -0.39 is 0 Å². The van der Waals surface area contributed by atoms with Crippen molar-refractivity contribution in [1.29, 1.82) is 0 Å². The lowest BCUT2D eigenvalue weighted by Gasteiger charge is -2.36. The first-order chi connectivity index (χ1) is 17.6. The summed E-state index contributed by atoms with van der Waals surface area (Å²) in [4.78, 5) is 30.4.